The summed E-state index contributed by atoms with van der Waals surface area (Å²) in [4.78, 5) is 0. The maximum Gasteiger partial charge on any atom is 0.0573 e. The van der Waals surface area contributed by atoms with Gasteiger partial charge >= 0.3 is 0 Å². The van der Waals surface area contributed by atoms with Crippen molar-refractivity contribution in [2.45, 2.75) is 79.2 Å². The van der Waals surface area contributed by atoms with Crippen molar-refractivity contribution in [3.8, 4) is 0 Å². The van der Waals surface area contributed by atoms with E-state index in [2.05, 4.69) is 46.8 Å². The van der Waals surface area contributed by atoms with Gasteiger partial charge < -0.3 is 5.11 Å². The molecular formula is C19H34O. The van der Waals surface area contributed by atoms with Crippen molar-refractivity contribution in [1.82, 2.24) is 0 Å². The lowest BCUT2D eigenvalue weighted by Gasteiger charge is -2.48. The van der Waals surface area contributed by atoms with Crippen LogP contribution in [0.25, 0.3) is 0 Å². The third-order valence-electron chi connectivity index (χ3n) is 6.14. The zero-order valence-corrected chi connectivity index (χ0v) is 14.2. The Bertz CT molecular complexity index is 355. The summed E-state index contributed by atoms with van der Waals surface area (Å²) in [6.07, 6.45) is 12.0. The Balaban J connectivity index is 2.13. The van der Waals surface area contributed by atoms with Gasteiger partial charge in [-0.05, 0) is 60.7 Å². The Morgan fingerprint density at radius 3 is 2.60 bits per heavy atom. The fourth-order valence-electron chi connectivity index (χ4n) is 5.13. The highest BCUT2D eigenvalue weighted by Crippen LogP contribution is 2.60. The lowest BCUT2D eigenvalue weighted by atomic mass is 9.58. The smallest absolute Gasteiger partial charge is 0.0573 e. The molecule has 0 aromatic carbocycles. The van der Waals surface area contributed by atoms with Gasteiger partial charge in [0.2, 0.25) is 0 Å². The van der Waals surface area contributed by atoms with Crippen LogP contribution in [-0.2, 0) is 0 Å². The summed E-state index contributed by atoms with van der Waals surface area (Å²) in [6.45, 7) is 11.8. The van der Waals surface area contributed by atoms with E-state index in [0.717, 1.165) is 18.3 Å². The van der Waals surface area contributed by atoms with Gasteiger partial charge in [-0.3, -0.25) is 0 Å². The fourth-order valence-corrected chi connectivity index (χ4v) is 5.13. The number of aliphatic hydroxyl groups excluding tert-OH is 1. The Hall–Kier alpha value is -0.300. The number of hydrogen-bond acceptors (Lipinski definition) is 1. The molecule has 2 saturated carbocycles. The molecule has 4 unspecified atom stereocenters. The van der Waals surface area contributed by atoms with E-state index in [1.807, 2.05) is 0 Å². The predicted molar refractivity (Wildman–Crippen MR) is 86.6 cm³/mol. The average Bonchev–Trinajstić information content (AvgIpc) is 2.67. The number of rotatable bonds is 4. The molecule has 116 valence electrons. The molecule has 0 saturated heterocycles. The fraction of sp³-hybridized carbons (Fsp3) is 0.895. The van der Waals surface area contributed by atoms with E-state index in [1.54, 1.807) is 0 Å². The monoisotopic (exact) mass is 278 g/mol. The second kappa shape index (κ2) is 5.83. The van der Waals surface area contributed by atoms with Crippen LogP contribution in [0.1, 0.15) is 73.1 Å². The Morgan fingerprint density at radius 1 is 1.25 bits per heavy atom. The number of aliphatic hydroxyl groups is 1. The van der Waals surface area contributed by atoms with Gasteiger partial charge in [-0.15, -0.1) is 0 Å². The van der Waals surface area contributed by atoms with Gasteiger partial charge in [0.15, 0.2) is 0 Å². The van der Waals surface area contributed by atoms with E-state index < -0.39 is 0 Å². The van der Waals surface area contributed by atoms with Crippen LogP contribution in [0.15, 0.2) is 12.2 Å². The molecule has 0 amide bonds. The maximum atomic E-state index is 10.4. The van der Waals surface area contributed by atoms with E-state index in [-0.39, 0.29) is 11.5 Å². The minimum Gasteiger partial charge on any atom is -0.393 e. The topological polar surface area (TPSA) is 20.2 Å². The molecule has 0 bridgehead atoms. The van der Waals surface area contributed by atoms with Crippen molar-refractivity contribution in [2.75, 3.05) is 0 Å². The van der Waals surface area contributed by atoms with Crippen LogP contribution in [0.5, 0.6) is 0 Å². The molecule has 4 atom stereocenters. The predicted octanol–water partition coefficient (Wildman–Crippen LogP) is 5.19. The summed E-state index contributed by atoms with van der Waals surface area (Å²) >= 11 is 0. The molecule has 0 aromatic heterocycles. The van der Waals surface area contributed by atoms with E-state index in [1.165, 1.54) is 32.1 Å². The van der Waals surface area contributed by atoms with Crippen LogP contribution >= 0.6 is 0 Å². The first-order valence-corrected chi connectivity index (χ1v) is 8.63. The summed E-state index contributed by atoms with van der Waals surface area (Å²) in [5.74, 6) is 2.00. The van der Waals surface area contributed by atoms with E-state index in [4.69, 9.17) is 0 Å². The van der Waals surface area contributed by atoms with Gasteiger partial charge in [0, 0.05) is 0 Å². The van der Waals surface area contributed by atoms with Gasteiger partial charge in [0.05, 0.1) is 6.10 Å². The molecule has 1 N–H and O–H groups in total. The first-order valence-electron chi connectivity index (χ1n) is 8.63. The Kier molecular flexibility index (Phi) is 4.69. The summed E-state index contributed by atoms with van der Waals surface area (Å²) < 4.78 is 0. The molecule has 2 rings (SSSR count). The Morgan fingerprint density at radius 2 is 1.95 bits per heavy atom. The first-order chi connectivity index (χ1) is 9.27. The van der Waals surface area contributed by atoms with E-state index >= 15 is 0 Å². The molecule has 20 heavy (non-hydrogen) atoms. The lowest BCUT2D eigenvalue weighted by molar-refractivity contribution is -0.0348. The average molecular weight is 278 g/mol. The van der Waals surface area contributed by atoms with E-state index in [0.29, 0.717) is 11.3 Å². The molecule has 0 spiro atoms. The maximum absolute atomic E-state index is 10.4. The highest BCUT2D eigenvalue weighted by Gasteiger charge is 2.54. The third-order valence-corrected chi connectivity index (χ3v) is 6.14. The highest BCUT2D eigenvalue weighted by molar-refractivity contribution is 5.09. The van der Waals surface area contributed by atoms with Crippen molar-refractivity contribution < 1.29 is 5.11 Å². The number of allylic oxidation sites excluding steroid dienone is 2. The zero-order chi connectivity index (χ0) is 15.0. The number of fused-ring (bicyclic) bond motifs is 1. The van der Waals surface area contributed by atoms with Crippen LogP contribution in [-0.4, -0.2) is 11.2 Å². The van der Waals surface area contributed by atoms with Crippen LogP contribution < -0.4 is 0 Å². The van der Waals surface area contributed by atoms with Crippen molar-refractivity contribution in [2.24, 2.45) is 28.6 Å². The largest absolute Gasteiger partial charge is 0.393 e. The normalized spacial score (nSPS) is 38.6. The van der Waals surface area contributed by atoms with Gasteiger partial charge in [0.25, 0.3) is 0 Å². The standard InChI is InChI=1S/C19H34O/c1-14(2)8-6-12-18(3,4)17-11-10-15-16(20)9-7-13-19(15,17)5/h6,12,14-17,20H,7-11,13H2,1-5H3. The van der Waals surface area contributed by atoms with Crippen LogP contribution in [0.4, 0.5) is 0 Å². The minimum absolute atomic E-state index is 0.0470. The van der Waals surface area contributed by atoms with Crippen molar-refractivity contribution >= 4 is 0 Å². The van der Waals surface area contributed by atoms with Crippen molar-refractivity contribution in [3.05, 3.63) is 12.2 Å². The van der Waals surface area contributed by atoms with Gasteiger partial charge in [-0.25, -0.2) is 0 Å². The van der Waals surface area contributed by atoms with Crippen LogP contribution in [0.2, 0.25) is 0 Å². The molecule has 1 nitrogen and oxygen atoms in total. The molecule has 2 aliphatic rings. The summed E-state index contributed by atoms with van der Waals surface area (Å²) in [7, 11) is 0. The van der Waals surface area contributed by atoms with Crippen LogP contribution in [0, 0.1) is 28.6 Å². The molecule has 0 aliphatic heterocycles. The zero-order valence-electron chi connectivity index (χ0n) is 14.2. The SMILES string of the molecule is CC(C)CC=CC(C)(C)C1CCC2C(O)CCCC21C. The summed E-state index contributed by atoms with van der Waals surface area (Å²) in [6, 6.07) is 0. The molecule has 0 aromatic rings. The third kappa shape index (κ3) is 2.98. The van der Waals surface area contributed by atoms with Gasteiger partial charge in [0.1, 0.15) is 0 Å². The quantitative estimate of drug-likeness (QED) is 0.701. The summed E-state index contributed by atoms with van der Waals surface area (Å²) in [5, 5.41) is 10.4. The van der Waals surface area contributed by atoms with Gasteiger partial charge in [-0.1, -0.05) is 53.2 Å². The highest BCUT2D eigenvalue weighted by atomic mass is 16.3. The molecular weight excluding hydrogens is 244 g/mol. The molecule has 2 fully saturated rings. The summed E-state index contributed by atoms with van der Waals surface area (Å²) in [5.41, 5.74) is 0.610. The molecule has 0 radical (unpaired) electrons. The van der Waals surface area contributed by atoms with E-state index in [9.17, 15) is 5.11 Å². The number of hydrogen-bond donors (Lipinski definition) is 1. The second-order valence-electron chi connectivity index (χ2n) is 8.56. The van der Waals surface area contributed by atoms with Crippen LogP contribution in [0.3, 0.4) is 0 Å². The molecule has 1 heteroatoms. The van der Waals surface area contributed by atoms with Crippen molar-refractivity contribution in [1.29, 1.82) is 0 Å². The Labute approximate surface area is 125 Å². The second-order valence-corrected chi connectivity index (χ2v) is 8.56. The first kappa shape index (κ1) is 16.1. The molecule has 2 aliphatic carbocycles. The van der Waals surface area contributed by atoms with Crippen molar-refractivity contribution in [3.63, 3.8) is 0 Å². The lowest BCUT2D eigenvalue weighted by Crippen LogP contribution is -2.43. The minimum atomic E-state index is -0.0470. The molecule has 0 heterocycles. The van der Waals surface area contributed by atoms with Gasteiger partial charge in [-0.2, -0.15) is 0 Å².